The van der Waals surface area contributed by atoms with Crippen molar-refractivity contribution in [3.8, 4) is 28.7 Å². The van der Waals surface area contributed by atoms with E-state index in [4.69, 9.17) is 34.4 Å². The van der Waals surface area contributed by atoms with Gasteiger partial charge in [0.2, 0.25) is 5.75 Å². The Kier molecular flexibility index (Phi) is 9.56. The van der Waals surface area contributed by atoms with Crippen molar-refractivity contribution in [3.05, 3.63) is 65.7 Å². The third-order valence-corrected chi connectivity index (χ3v) is 7.26. The highest BCUT2D eigenvalue weighted by Gasteiger charge is 2.45. The van der Waals surface area contributed by atoms with Gasteiger partial charge in [-0.15, -0.1) is 12.4 Å². The summed E-state index contributed by atoms with van der Waals surface area (Å²) < 4.78 is 28.2. The summed E-state index contributed by atoms with van der Waals surface area (Å²) in [4.78, 5) is 23.9. The Balaban J connectivity index is 0.00000405. The number of piperazine rings is 1. The number of ether oxygens (including phenoxy) is 5. The molecular formula is C30H35ClN5O6+. The lowest BCUT2D eigenvalue weighted by Gasteiger charge is -2.36. The first-order valence-corrected chi connectivity index (χ1v) is 13.2. The van der Waals surface area contributed by atoms with Gasteiger partial charge in [-0.25, -0.2) is 4.79 Å². The van der Waals surface area contributed by atoms with Crippen molar-refractivity contribution < 1.29 is 28.5 Å². The van der Waals surface area contributed by atoms with Gasteiger partial charge in [0.1, 0.15) is 25.5 Å². The smallest absolute Gasteiger partial charge is 0.353 e. The number of nitrogen functional groups attached to an aromatic ring is 1. The van der Waals surface area contributed by atoms with Crippen LogP contribution >= 0.6 is 12.4 Å². The molecule has 0 spiro atoms. The number of carbonyl (C=O) groups is 1. The SMILES string of the molecule is COc1cc2nc([N+]3(C(=O)c4cc(OC)c(OCc5ccccc5)c(OC)c4)CCNCC3)nc(N)c2cc1OC.Cl. The van der Waals surface area contributed by atoms with E-state index in [9.17, 15) is 4.79 Å². The van der Waals surface area contributed by atoms with Crippen LogP contribution in [0.25, 0.3) is 10.9 Å². The van der Waals surface area contributed by atoms with Gasteiger partial charge in [-0.3, -0.25) is 0 Å². The van der Waals surface area contributed by atoms with Gasteiger partial charge in [0.05, 0.1) is 39.5 Å². The molecule has 0 radical (unpaired) electrons. The number of methoxy groups -OCH3 is 4. The molecule has 1 aromatic heterocycles. The van der Waals surface area contributed by atoms with Crippen LogP contribution in [-0.2, 0) is 6.61 Å². The second kappa shape index (κ2) is 13.1. The Bertz CT molecular complexity index is 1540. The van der Waals surface area contributed by atoms with E-state index < -0.39 is 0 Å². The number of carbonyl (C=O) groups excluding carboxylic acids is 1. The van der Waals surface area contributed by atoms with E-state index in [1.807, 2.05) is 30.3 Å². The van der Waals surface area contributed by atoms with E-state index in [1.165, 1.54) is 14.2 Å². The molecule has 2 heterocycles. The minimum absolute atomic E-state index is 0. The number of hydrogen-bond donors (Lipinski definition) is 2. The highest BCUT2D eigenvalue weighted by molar-refractivity contribution is 6.03. The summed E-state index contributed by atoms with van der Waals surface area (Å²) in [6, 6.07) is 16.6. The normalized spacial score (nSPS) is 14.0. The van der Waals surface area contributed by atoms with Crippen LogP contribution in [0.1, 0.15) is 15.9 Å². The second-order valence-corrected chi connectivity index (χ2v) is 9.59. The molecule has 0 atom stereocenters. The van der Waals surface area contributed by atoms with Gasteiger partial charge in [0.25, 0.3) is 0 Å². The van der Waals surface area contributed by atoms with Crippen molar-refractivity contribution in [1.29, 1.82) is 0 Å². The molecule has 12 heteroatoms. The number of hydrogen-bond acceptors (Lipinski definition) is 10. The highest BCUT2D eigenvalue weighted by Crippen LogP contribution is 2.41. The maximum Gasteiger partial charge on any atom is 0.353 e. The zero-order chi connectivity index (χ0) is 29.0. The topological polar surface area (TPSA) is 127 Å². The molecule has 0 saturated carbocycles. The molecular weight excluding hydrogens is 562 g/mol. The number of quaternary nitrogens is 1. The zero-order valence-electron chi connectivity index (χ0n) is 24.0. The number of fused-ring (bicyclic) bond motifs is 1. The molecule has 0 bridgehead atoms. The number of halogens is 1. The van der Waals surface area contributed by atoms with Crippen molar-refractivity contribution in [1.82, 2.24) is 19.8 Å². The maximum atomic E-state index is 14.4. The van der Waals surface area contributed by atoms with Crippen LogP contribution in [0.4, 0.5) is 11.8 Å². The van der Waals surface area contributed by atoms with E-state index in [-0.39, 0.29) is 28.6 Å². The first-order chi connectivity index (χ1) is 19.9. The lowest BCUT2D eigenvalue weighted by Crippen LogP contribution is -2.63. The van der Waals surface area contributed by atoms with Gasteiger partial charge in [-0.05, 0) is 11.6 Å². The van der Waals surface area contributed by atoms with Crippen molar-refractivity contribution in [2.45, 2.75) is 6.61 Å². The van der Waals surface area contributed by atoms with Crippen LogP contribution in [-0.4, -0.2) is 70.5 Å². The van der Waals surface area contributed by atoms with Crippen LogP contribution in [0.3, 0.4) is 0 Å². The van der Waals surface area contributed by atoms with E-state index in [2.05, 4.69) is 10.3 Å². The first-order valence-electron chi connectivity index (χ1n) is 13.2. The zero-order valence-corrected chi connectivity index (χ0v) is 24.8. The molecule has 1 aliphatic rings. The molecule has 11 nitrogen and oxygen atoms in total. The highest BCUT2D eigenvalue weighted by atomic mass is 35.5. The van der Waals surface area contributed by atoms with Crippen LogP contribution in [0.5, 0.6) is 28.7 Å². The molecule has 1 fully saturated rings. The van der Waals surface area contributed by atoms with Crippen molar-refractivity contribution in [3.63, 3.8) is 0 Å². The predicted octanol–water partition coefficient (Wildman–Crippen LogP) is 4.00. The van der Waals surface area contributed by atoms with Gasteiger partial charge in [0.15, 0.2) is 23.0 Å². The monoisotopic (exact) mass is 596 g/mol. The Hall–Kier alpha value is -4.32. The van der Waals surface area contributed by atoms with E-state index in [1.54, 1.807) is 38.5 Å². The molecule has 0 aliphatic carbocycles. The Morgan fingerprint density at radius 2 is 1.45 bits per heavy atom. The summed E-state index contributed by atoms with van der Waals surface area (Å²) in [6.45, 7) is 2.34. The third-order valence-electron chi connectivity index (χ3n) is 7.26. The van der Waals surface area contributed by atoms with Crippen LogP contribution in [0.15, 0.2) is 54.6 Å². The van der Waals surface area contributed by atoms with Crippen molar-refractivity contribution in [2.75, 3.05) is 60.4 Å². The average molecular weight is 597 g/mol. The molecule has 3 aromatic carbocycles. The maximum absolute atomic E-state index is 14.4. The lowest BCUT2D eigenvalue weighted by atomic mass is 10.1. The van der Waals surface area contributed by atoms with Gasteiger partial charge in [-0.1, -0.05) is 30.3 Å². The van der Waals surface area contributed by atoms with Crippen LogP contribution in [0.2, 0.25) is 0 Å². The quantitative estimate of drug-likeness (QED) is 0.274. The number of nitrogens with one attached hydrogen (secondary N) is 1. The molecule has 0 unspecified atom stereocenters. The number of rotatable bonds is 9. The Morgan fingerprint density at radius 3 is 2.05 bits per heavy atom. The minimum Gasteiger partial charge on any atom is -0.493 e. The molecule has 3 N–H and O–H groups in total. The minimum atomic E-state index is -0.211. The summed E-state index contributed by atoms with van der Waals surface area (Å²) in [5.41, 5.74) is 8.34. The summed E-state index contributed by atoms with van der Waals surface area (Å²) in [7, 11) is 6.16. The summed E-state index contributed by atoms with van der Waals surface area (Å²) in [5.74, 6) is 2.53. The number of anilines is 1. The van der Waals surface area contributed by atoms with E-state index in [0.29, 0.717) is 83.9 Å². The predicted molar refractivity (Wildman–Crippen MR) is 163 cm³/mol. The third kappa shape index (κ3) is 5.71. The largest absolute Gasteiger partial charge is 0.493 e. The number of nitrogens with zero attached hydrogens (tertiary/aromatic N) is 3. The molecule has 1 aliphatic heterocycles. The van der Waals surface area contributed by atoms with Gasteiger partial charge in [-0.2, -0.15) is 14.5 Å². The summed E-state index contributed by atoms with van der Waals surface area (Å²) in [5, 5.41) is 3.93. The molecule has 5 rings (SSSR count). The fourth-order valence-corrected chi connectivity index (χ4v) is 5.05. The van der Waals surface area contributed by atoms with Crippen molar-refractivity contribution in [2.24, 2.45) is 0 Å². The number of amides is 1. The molecule has 1 amide bonds. The number of nitrogens with two attached hydrogens (primary N) is 1. The fraction of sp³-hybridized carbons (Fsp3) is 0.300. The second-order valence-electron chi connectivity index (χ2n) is 9.59. The molecule has 42 heavy (non-hydrogen) atoms. The Morgan fingerprint density at radius 1 is 0.857 bits per heavy atom. The van der Waals surface area contributed by atoms with Gasteiger partial charge < -0.3 is 34.7 Å². The summed E-state index contributed by atoms with van der Waals surface area (Å²) >= 11 is 0. The van der Waals surface area contributed by atoms with Gasteiger partial charge >= 0.3 is 11.9 Å². The number of aromatic nitrogens is 2. The molecule has 4 aromatic rings. The van der Waals surface area contributed by atoms with E-state index >= 15 is 0 Å². The number of benzene rings is 3. The Labute approximate surface area is 250 Å². The van der Waals surface area contributed by atoms with Crippen molar-refractivity contribution >= 4 is 41.0 Å². The van der Waals surface area contributed by atoms with Gasteiger partial charge in [0, 0.05) is 36.7 Å². The fourth-order valence-electron chi connectivity index (χ4n) is 5.05. The average Bonchev–Trinajstić information content (AvgIpc) is 3.03. The lowest BCUT2D eigenvalue weighted by molar-refractivity contribution is 0.0730. The molecule has 1 saturated heterocycles. The summed E-state index contributed by atoms with van der Waals surface area (Å²) in [6.07, 6.45) is 0. The van der Waals surface area contributed by atoms with Crippen LogP contribution in [0, 0.1) is 0 Å². The van der Waals surface area contributed by atoms with E-state index in [0.717, 1.165) is 5.56 Å². The molecule has 222 valence electrons. The first kappa shape index (κ1) is 30.6. The standard InChI is InChI=1S/C30H34N5O6.ClH/c1-37-23-16-21-22(17-24(23)38-2)33-30(34-28(21)31)35(12-10-32-11-13-35)29(36)20-14-25(39-3)27(26(15-20)40-4)41-18-19-8-6-5-7-9-19;/h5-9,14-17,32H,10-13,18H2,1-4H3,(H2,31,33,34);1H/q+1;. The van der Waals surface area contributed by atoms with Crippen LogP contribution < -0.4 is 39.2 Å².